The zero-order valence-electron chi connectivity index (χ0n) is 14.9. The molecule has 0 aliphatic carbocycles. The molecule has 1 atom stereocenters. The van der Waals surface area contributed by atoms with Crippen LogP contribution in [0.4, 0.5) is 0 Å². The summed E-state index contributed by atoms with van der Waals surface area (Å²) in [7, 11) is 0. The van der Waals surface area contributed by atoms with Crippen LogP contribution in [-0.2, 0) is 0 Å². The first-order valence-corrected chi connectivity index (χ1v) is 8.55. The van der Waals surface area contributed by atoms with Gasteiger partial charge in [0, 0.05) is 5.56 Å². The van der Waals surface area contributed by atoms with Crippen LogP contribution in [-0.4, -0.2) is 5.91 Å². The molecule has 0 heterocycles. The fourth-order valence-electron chi connectivity index (χ4n) is 2.99. The Kier molecular flexibility index (Phi) is 4.99. The molecule has 0 aliphatic heterocycles. The van der Waals surface area contributed by atoms with E-state index in [1.165, 1.54) is 5.56 Å². The van der Waals surface area contributed by atoms with Crippen molar-refractivity contribution < 1.29 is 4.79 Å². The van der Waals surface area contributed by atoms with Crippen molar-refractivity contribution in [2.75, 3.05) is 0 Å². The summed E-state index contributed by atoms with van der Waals surface area (Å²) in [4.78, 5) is 12.9. The molecule has 3 aromatic carbocycles. The second kappa shape index (κ2) is 7.35. The zero-order chi connectivity index (χ0) is 17.8. The molecule has 0 radical (unpaired) electrons. The molecular formula is C23H23NO. The van der Waals surface area contributed by atoms with Crippen molar-refractivity contribution in [1.82, 2.24) is 5.32 Å². The molecule has 2 heteroatoms. The van der Waals surface area contributed by atoms with Crippen molar-refractivity contribution in [2.45, 2.75) is 26.8 Å². The van der Waals surface area contributed by atoms with Crippen LogP contribution in [0.3, 0.4) is 0 Å². The molecule has 2 nitrogen and oxygen atoms in total. The summed E-state index contributed by atoms with van der Waals surface area (Å²) in [5.41, 5.74) is 6.36. The van der Waals surface area contributed by atoms with E-state index in [9.17, 15) is 4.79 Å². The summed E-state index contributed by atoms with van der Waals surface area (Å²) in [6, 6.07) is 24.0. The van der Waals surface area contributed by atoms with Crippen LogP contribution in [0.2, 0.25) is 0 Å². The lowest BCUT2D eigenvalue weighted by atomic mass is 9.94. The van der Waals surface area contributed by atoms with Crippen LogP contribution >= 0.6 is 0 Å². The van der Waals surface area contributed by atoms with E-state index in [0.717, 1.165) is 22.3 Å². The minimum atomic E-state index is -0.170. The first kappa shape index (κ1) is 17.0. The van der Waals surface area contributed by atoms with E-state index in [4.69, 9.17) is 0 Å². The van der Waals surface area contributed by atoms with E-state index in [1.807, 2.05) is 55.5 Å². The van der Waals surface area contributed by atoms with Gasteiger partial charge in [-0.05, 0) is 60.7 Å². The van der Waals surface area contributed by atoms with Gasteiger partial charge in [-0.2, -0.15) is 0 Å². The minimum absolute atomic E-state index is 0.0554. The molecule has 0 spiro atoms. The molecule has 0 fully saturated rings. The van der Waals surface area contributed by atoms with Crippen LogP contribution in [0.5, 0.6) is 0 Å². The standard InChI is InChI=1S/C23H23NO/c1-16-13-14-20(15-18(16)3)23(25)24-22(19-10-5-4-6-11-19)21-12-8-7-9-17(21)2/h4-15,22H,1-3H3,(H,24,25)/t22-/m0/s1. The van der Waals surface area contributed by atoms with E-state index in [0.29, 0.717) is 5.56 Å². The predicted molar refractivity (Wildman–Crippen MR) is 103 cm³/mol. The smallest absolute Gasteiger partial charge is 0.252 e. The molecule has 0 saturated carbocycles. The van der Waals surface area contributed by atoms with Gasteiger partial charge >= 0.3 is 0 Å². The van der Waals surface area contributed by atoms with E-state index in [-0.39, 0.29) is 11.9 Å². The maximum atomic E-state index is 12.9. The quantitative estimate of drug-likeness (QED) is 0.706. The van der Waals surface area contributed by atoms with Crippen molar-refractivity contribution in [2.24, 2.45) is 0 Å². The second-order valence-electron chi connectivity index (χ2n) is 6.47. The Morgan fingerprint density at radius 3 is 2.12 bits per heavy atom. The van der Waals surface area contributed by atoms with Gasteiger partial charge in [0.2, 0.25) is 0 Å². The van der Waals surface area contributed by atoms with E-state index < -0.39 is 0 Å². The minimum Gasteiger partial charge on any atom is -0.341 e. The number of hydrogen-bond acceptors (Lipinski definition) is 1. The maximum Gasteiger partial charge on any atom is 0.252 e. The Morgan fingerprint density at radius 1 is 0.760 bits per heavy atom. The maximum absolute atomic E-state index is 12.9. The molecule has 0 unspecified atom stereocenters. The van der Waals surface area contributed by atoms with Gasteiger partial charge in [0.1, 0.15) is 0 Å². The third kappa shape index (κ3) is 3.80. The summed E-state index contributed by atoms with van der Waals surface area (Å²) >= 11 is 0. The number of carbonyl (C=O) groups is 1. The number of carbonyl (C=O) groups excluding carboxylic acids is 1. The third-order valence-electron chi connectivity index (χ3n) is 4.68. The number of amides is 1. The lowest BCUT2D eigenvalue weighted by Gasteiger charge is -2.22. The SMILES string of the molecule is Cc1ccc(C(=O)N[C@@H](c2ccccc2)c2ccccc2C)cc1C. The number of hydrogen-bond donors (Lipinski definition) is 1. The van der Waals surface area contributed by atoms with Gasteiger partial charge in [0.05, 0.1) is 6.04 Å². The van der Waals surface area contributed by atoms with Crippen LogP contribution in [0.25, 0.3) is 0 Å². The van der Waals surface area contributed by atoms with Crippen LogP contribution in [0, 0.1) is 20.8 Å². The third-order valence-corrected chi connectivity index (χ3v) is 4.68. The fourth-order valence-corrected chi connectivity index (χ4v) is 2.99. The molecule has 1 amide bonds. The Labute approximate surface area is 149 Å². The number of aryl methyl sites for hydroxylation is 3. The molecule has 3 rings (SSSR count). The molecule has 0 saturated heterocycles. The lowest BCUT2D eigenvalue weighted by molar-refractivity contribution is 0.0943. The van der Waals surface area contributed by atoms with Crippen LogP contribution < -0.4 is 5.32 Å². The molecular weight excluding hydrogens is 306 g/mol. The highest BCUT2D eigenvalue weighted by Crippen LogP contribution is 2.25. The van der Waals surface area contributed by atoms with Crippen molar-refractivity contribution in [3.63, 3.8) is 0 Å². The average Bonchev–Trinajstić information content (AvgIpc) is 2.63. The normalized spacial score (nSPS) is 11.8. The lowest BCUT2D eigenvalue weighted by Crippen LogP contribution is -2.29. The summed E-state index contributed by atoms with van der Waals surface area (Å²) in [6.07, 6.45) is 0. The summed E-state index contributed by atoms with van der Waals surface area (Å²) in [5, 5.41) is 3.21. The zero-order valence-corrected chi connectivity index (χ0v) is 14.9. The molecule has 0 aliphatic rings. The highest BCUT2D eigenvalue weighted by Gasteiger charge is 2.19. The van der Waals surface area contributed by atoms with Gasteiger partial charge in [-0.25, -0.2) is 0 Å². The van der Waals surface area contributed by atoms with Crippen molar-refractivity contribution in [1.29, 1.82) is 0 Å². The Balaban J connectivity index is 1.97. The van der Waals surface area contributed by atoms with Gasteiger partial charge in [-0.15, -0.1) is 0 Å². The van der Waals surface area contributed by atoms with Crippen LogP contribution in [0.1, 0.15) is 44.2 Å². The largest absolute Gasteiger partial charge is 0.341 e. The average molecular weight is 329 g/mol. The van der Waals surface area contributed by atoms with Crippen molar-refractivity contribution in [3.05, 3.63) is 106 Å². The van der Waals surface area contributed by atoms with E-state index in [1.54, 1.807) is 0 Å². The number of rotatable bonds is 4. The Morgan fingerprint density at radius 2 is 1.44 bits per heavy atom. The first-order chi connectivity index (χ1) is 12.1. The van der Waals surface area contributed by atoms with Gasteiger partial charge in [0.25, 0.3) is 5.91 Å². The Hall–Kier alpha value is -2.87. The van der Waals surface area contributed by atoms with Crippen LogP contribution in [0.15, 0.2) is 72.8 Å². The molecule has 25 heavy (non-hydrogen) atoms. The van der Waals surface area contributed by atoms with Crippen molar-refractivity contribution in [3.8, 4) is 0 Å². The summed E-state index contributed by atoms with van der Waals surface area (Å²) in [5.74, 6) is -0.0554. The van der Waals surface area contributed by atoms with Gasteiger partial charge in [-0.1, -0.05) is 60.7 Å². The predicted octanol–water partition coefficient (Wildman–Crippen LogP) is 5.13. The molecule has 1 N–H and O–H groups in total. The topological polar surface area (TPSA) is 29.1 Å². The van der Waals surface area contributed by atoms with Crippen molar-refractivity contribution >= 4 is 5.91 Å². The van der Waals surface area contributed by atoms with Gasteiger partial charge < -0.3 is 5.32 Å². The van der Waals surface area contributed by atoms with E-state index >= 15 is 0 Å². The first-order valence-electron chi connectivity index (χ1n) is 8.55. The fraction of sp³-hybridized carbons (Fsp3) is 0.174. The highest BCUT2D eigenvalue weighted by molar-refractivity contribution is 5.95. The van der Waals surface area contributed by atoms with Gasteiger partial charge in [0.15, 0.2) is 0 Å². The highest BCUT2D eigenvalue weighted by atomic mass is 16.1. The number of benzene rings is 3. The molecule has 0 bridgehead atoms. The number of nitrogens with one attached hydrogen (secondary N) is 1. The summed E-state index contributed by atoms with van der Waals surface area (Å²) < 4.78 is 0. The van der Waals surface area contributed by atoms with E-state index in [2.05, 4.69) is 43.4 Å². The molecule has 3 aromatic rings. The Bertz CT molecular complexity index is 884. The molecule has 0 aromatic heterocycles. The van der Waals surface area contributed by atoms with Gasteiger partial charge in [-0.3, -0.25) is 4.79 Å². The monoisotopic (exact) mass is 329 g/mol. The molecule has 126 valence electrons. The summed E-state index contributed by atoms with van der Waals surface area (Å²) in [6.45, 7) is 6.16. The second-order valence-corrected chi connectivity index (χ2v) is 6.47.